The number of aromatic nitrogens is 3. The Kier molecular flexibility index (Phi) is 6.64. The van der Waals surface area contributed by atoms with Gasteiger partial charge in [-0.1, -0.05) is 17.5 Å². The fourth-order valence-electron chi connectivity index (χ4n) is 2.13. The smallest absolute Gasteiger partial charge is 0.387 e. The van der Waals surface area contributed by atoms with Gasteiger partial charge < -0.3 is 35.2 Å². The predicted molar refractivity (Wildman–Crippen MR) is 97.9 cm³/mol. The van der Waals surface area contributed by atoms with Gasteiger partial charge >= 0.3 is 29.2 Å². The second-order valence-electron chi connectivity index (χ2n) is 5.47. The molecule has 3 unspecified atom stereocenters. The van der Waals surface area contributed by atoms with Crippen LogP contribution in [-0.4, -0.2) is 62.9 Å². The van der Waals surface area contributed by atoms with Crippen LogP contribution in [0.15, 0.2) is 11.1 Å². The molecule has 6 atom stereocenters. The molecule has 174 valence electrons. The lowest BCUT2D eigenvalue weighted by molar-refractivity contribution is -0.0458. The number of phosphoric acid groups is 3. The average Bonchev–Trinajstić information content (AvgIpc) is 2.83. The number of ether oxygens (including phenoxy) is 1. The summed E-state index contributed by atoms with van der Waals surface area (Å²) < 4.78 is 66.4. The summed E-state index contributed by atoms with van der Waals surface area (Å²) in [5.74, 6) is 1.41. The zero-order valence-electron chi connectivity index (χ0n) is 16.5. The number of anilines is 1. The third kappa shape index (κ3) is 6.41. The van der Waals surface area contributed by atoms with Crippen molar-refractivity contribution in [2.75, 3.05) is 12.3 Å². The van der Waals surface area contributed by atoms with Gasteiger partial charge in [0.25, 0.3) is 0 Å². The molecule has 0 aliphatic carbocycles. The largest absolute Gasteiger partial charge is 0.490 e. The lowest BCUT2D eigenvalue weighted by Gasteiger charge is -2.25. The highest BCUT2D eigenvalue weighted by Crippen LogP contribution is 2.66. The number of hydrogen-bond acceptors (Lipinski definition) is 12. The molecule has 17 nitrogen and oxygen atoms in total. The molecule has 1 aromatic heterocycles. The van der Waals surface area contributed by atoms with Gasteiger partial charge in [-0.05, 0) is 0 Å². The third-order valence-electron chi connectivity index (χ3n) is 3.27. The van der Waals surface area contributed by atoms with Crippen molar-refractivity contribution in [3.8, 4) is 12.3 Å². The first-order chi connectivity index (χ1) is 14.7. The summed E-state index contributed by atoms with van der Waals surface area (Å²) in [4.78, 5) is 52.2. The molecule has 7 N–H and O–H groups in total. The van der Waals surface area contributed by atoms with Gasteiger partial charge in [0.05, 0.1) is 9.30 Å². The Labute approximate surface area is 180 Å². The molecule has 21 heteroatoms. The SMILES string of the molecule is [2H]C([2H])(OP(=O)(O)OP(=O)(O)OP(=O)(O)O)[C@H]1O[C@@H](n2cnc(N)nc2=O)C(Cl)(C#C)[C@H]1O. The minimum Gasteiger partial charge on any atom is -0.387 e. The van der Waals surface area contributed by atoms with E-state index in [4.69, 9.17) is 45.9 Å². The lowest BCUT2D eigenvalue weighted by atomic mass is 10.00. The van der Waals surface area contributed by atoms with E-state index in [1.165, 1.54) is 0 Å². The minimum absolute atomic E-state index is 0.463. The molecule has 1 aromatic rings. The van der Waals surface area contributed by atoms with Crippen molar-refractivity contribution >= 4 is 41.0 Å². The van der Waals surface area contributed by atoms with Gasteiger partial charge in [0.2, 0.25) is 5.95 Å². The Morgan fingerprint density at radius 2 is 1.97 bits per heavy atom. The van der Waals surface area contributed by atoms with Crippen molar-refractivity contribution < 1.29 is 59.0 Å². The maximum absolute atomic E-state index is 12.1. The molecule has 1 aliphatic rings. The van der Waals surface area contributed by atoms with Crippen LogP contribution in [0.4, 0.5) is 5.95 Å². The van der Waals surface area contributed by atoms with Crippen molar-refractivity contribution in [1.29, 1.82) is 0 Å². The molecule has 0 bridgehead atoms. The Hall–Kier alpha value is -1.21. The van der Waals surface area contributed by atoms with Gasteiger partial charge in [0.1, 0.15) is 18.5 Å². The van der Waals surface area contributed by atoms with Gasteiger partial charge in [-0.15, -0.1) is 6.42 Å². The molecular formula is C10H14ClN4O13P3. The molecule has 31 heavy (non-hydrogen) atoms. The number of aliphatic hydroxyl groups is 1. The van der Waals surface area contributed by atoms with E-state index in [0.717, 1.165) is 6.33 Å². The number of nitrogens with two attached hydrogens (primary N) is 1. The number of nitrogen functional groups attached to an aromatic ring is 1. The van der Waals surface area contributed by atoms with E-state index in [0.29, 0.717) is 4.57 Å². The van der Waals surface area contributed by atoms with Crippen molar-refractivity contribution in [3.63, 3.8) is 0 Å². The molecule has 0 amide bonds. The standard InChI is InChI=1S/C10H14ClN4O13P3/c1-2-10(11)6(16)5(26-7(10)15-4-13-8(12)14-9(15)17)3-25-30(21,22)28-31(23,24)27-29(18,19)20/h1,4-7,16H,3H2,(H,21,22)(H,23,24)(H2,12,14,17)(H2,18,19,20)/t5-,6+,7-,10?/m1/s1/i3D2. The number of hydrogen-bond donors (Lipinski definition) is 6. The van der Waals surface area contributed by atoms with Crippen LogP contribution in [0.25, 0.3) is 0 Å². The van der Waals surface area contributed by atoms with Crippen molar-refractivity contribution in [2.45, 2.75) is 23.3 Å². The van der Waals surface area contributed by atoms with Gasteiger partial charge in [0.15, 0.2) is 11.1 Å². The van der Waals surface area contributed by atoms with Gasteiger partial charge in [-0.25, -0.2) is 23.5 Å². The average molecular weight is 529 g/mol. The number of alkyl halides is 1. The first kappa shape index (κ1) is 23.0. The van der Waals surface area contributed by atoms with Gasteiger partial charge in [-0.2, -0.15) is 13.6 Å². The molecule has 0 aromatic carbocycles. The normalized spacial score (nSPS) is 31.7. The number of halogens is 1. The molecule has 1 saturated heterocycles. The maximum Gasteiger partial charge on any atom is 0.490 e. The highest BCUT2D eigenvalue weighted by molar-refractivity contribution is 7.66. The van der Waals surface area contributed by atoms with Crippen molar-refractivity contribution in [2.24, 2.45) is 0 Å². The molecule has 2 heterocycles. The molecule has 2 rings (SSSR count). The number of nitrogens with zero attached hydrogens (tertiary/aromatic N) is 3. The van der Waals surface area contributed by atoms with E-state index < -0.39 is 65.0 Å². The summed E-state index contributed by atoms with van der Waals surface area (Å²) in [6.07, 6.45) is -0.506. The Morgan fingerprint density at radius 3 is 2.48 bits per heavy atom. The van der Waals surface area contributed by atoms with Crippen LogP contribution in [0.2, 0.25) is 0 Å². The highest BCUT2D eigenvalue weighted by atomic mass is 35.5. The van der Waals surface area contributed by atoms with Gasteiger partial charge in [-0.3, -0.25) is 9.09 Å². The minimum atomic E-state index is -6.01. The summed E-state index contributed by atoms with van der Waals surface area (Å²) in [5.41, 5.74) is 4.11. The van der Waals surface area contributed by atoms with Crippen molar-refractivity contribution in [3.05, 3.63) is 16.8 Å². The number of aliphatic hydroxyl groups excluding tert-OH is 1. The second-order valence-corrected chi connectivity index (χ2v) is 10.4. The fourth-order valence-corrected chi connectivity index (χ4v) is 5.27. The molecule has 0 radical (unpaired) electrons. The Morgan fingerprint density at radius 1 is 1.35 bits per heavy atom. The summed E-state index contributed by atoms with van der Waals surface area (Å²) in [6, 6.07) is 0. The maximum atomic E-state index is 12.1. The highest BCUT2D eigenvalue weighted by Gasteiger charge is 2.56. The van der Waals surface area contributed by atoms with Crippen LogP contribution >= 0.6 is 35.1 Å². The van der Waals surface area contributed by atoms with Gasteiger partial charge in [0, 0.05) is 0 Å². The Bertz CT molecular complexity index is 1170. The summed E-state index contributed by atoms with van der Waals surface area (Å²) in [5, 5.41) is 10.5. The van der Waals surface area contributed by atoms with E-state index in [1.54, 1.807) is 0 Å². The zero-order valence-corrected chi connectivity index (χ0v) is 18.0. The number of terminal acetylenes is 1. The molecule has 1 fully saturated rings. The topological polar surface area (TPSA) is 263 Å². The third-order valence-corrected chi connectivity index (χ3v) is 7.45. The second kappa shape index (κ2) is 8.97. The van der Waals surface area contributed by atoms with E-state index in [1.807, 2.05) is 5.92 Å². The van der Waals surface area contributed by atoms with Crippen LogP contribution in [0.5, 0.6) is 0 Å². The molecule has 0 saturated carbocycles. The fraction of sp³-hybridized carbons (Fsp3) is 0.500. The summed E-state index contributed by atoms with van der Waals surface area (Å²) >= 11 is 6.14. The van der Waals surface area contributed by atoms with Crippen LogP contribution in [-0.2, 0) is 31.6 Å². The van der Waals surface area contributed by atoms with E-state index in [9.17, 15) is 28.5 Å². The van der Waals surface area contributed by atoms with Crippen LogP contribution < -0.4 is 11.4 Å². The van der Waals surface area contributed by atoms with E-state index in [-0.39, 0.29) is 0 Å². The van der Waals surface area contributed by atoms with Crippen LogP contribution in [0, 0.1) is 12.3 Å². The monoisotopic (exact) mass is 528 g/mol. The lowest BCUT2D eigenvalue weighted by Crippen LogP contribution is -2.43. The molecular weight excluding hydrogens is 513 g/mol. The quantitative estimate of drug-likeness (QED) is 0.126. The molecule has 1 aliphatic heterocycles. The Balaban J connectivity index is 2.35. The first-order valence-corrected chi connectivity index (χ1v) is 12.2. The molecule has 0 spiro atoms. The van der Waals surface area contributed by atoms with E-state index >= 15 is 0 Å². The van der Waals surface area contributed by atoms with Crippen LogP contribution in [0.3, 0.4) is 0 Å². The van der Waals surface area contributed by atoms with Crippen LogP contribution in [0.1, 0.15) is 8.97 Å². The van der Waals surface area contributed by atoms with Crippen molar-refractivity contribution in [1.82, 2.24) is 14.5 Å². The van der Waals surface area contributed by atoms with E-state index in [2.05, 4.69) is 23.1 Å². The number of phosphoric ester groups is 1. The summed E-state index contributed by atoms with van der Waals surface area (Å²) in [6.45, 7) is -3.62. The number of rotatable bonds is 8. The first-order valence-electron chi connectivity index (χ1n) is 8.28. The predicted octanol–water partition coefficient (Wildman–Crippen LogP) is -1.57. The summed E-state index contributed by atoms with van der Waals surface area (Å²) in [7, 11) is -17.7. The zero-order chi connectivity index (χ0) is 25.6.